The lowest BCUT2D eigenvalue weighted by Gasteiger charge is -2.27. The van der Waals surface area contributed by atoms with Crippen LogP contribution in [0.25, 0.3) is 0 Å². The predicted molar refractivity (Wildman–Crippen MR) is 115 cm³/mol. The average molecular weight is 434 g/mol. The minimum atomic E-state index is -0.659. The van der Waals surface area contributed by atoms with Gasteiger partial charge < -0.3 is 15.0 Å². The number of hydrogen-bond donors (Lipinski definition) is 1. The maximum atomic E-state index is 12.7. The Morgan fingerprint density at radius 1 is 1.20 bits per heavy atom. The first-order chi connectivity index (χ1) is 14.0. The molecule has 0 radical (unpaired) electrons. The van der Waals surface area contributed by atoms with Crippen LogP contribution in [0.5, 0.6) is 0 Å². The quantitative estimate of drug-likeness (QED) is 0.494. The number of nitrogens with one attached hydrogen (secondary N) is 1. The highest BCUT2D eigenvalue weighted by atomic mass is 35.5. The number of nitrogens with zero attached hydrogens (tertiary/aromatic N) is 2. The van der Waals surface area contributed by atoms with Crippen molar-refractivity contribution in [3.05, 3.63) is 68.7 Å². The standard InChI is InChI=1S/C21H24ClN3O5/c1-5-24(20(27)30-21(2,3)4)13-14-8-6-7-9-17(14)23-19(26)16-11-10-15(22)12-18(16)25(28)29/h6-12H,5,13H2,1-4H3,(H,23,26). The maximum absolute atomic E-state index is 12.7. The topological polar surface area (TPSA) is 102 Å². The van der Waals surface area contributed by atoms with Crippen LogP contribution >= 0.6 is 11.6 Å². The zero-order valence-electron chi connectivity index (χ0n) is 17.3. The molecule has 0 aliphatic carbocycles. The highest BCUT2D eigenvalue weighted by Gasteiger charge is 2.24. The number of rotatable bonds is 6. The molecular weight excluding hydrogens is 410 g/mol. The van der Waals surface area contributed by atoms with Crippen LogP contribution in [0.3, 0.4) is 0 Å². The Hall–Kier alpha value is -3.13. The Morgan fingerprint density at radius 2 is 1.87 bits per heavy atom. The first kappa shape index (κ1) is 23.2. The van der Waals surface area contributed by atoms with Crippen LogP contribution in [0.4, 0.5) is 16.2 Å². The third-order valence-corrected chi connectivity index (χ3v) is 4.30. The number of amides is 2. The summed E-state index contributed by atoms with van der Waals surface area (Å²) in [7, 11) is 0. The third-order valence-electron chi connectivity index (χ3n) is 4.06. The number of nitro groups is 1. The van der Waals surface area contributed by atoms with Crippen LogP contribution in [0.1, 0.15) is 43.6 Å². The van der Waals surface area contributed by atoms with E-state index in [-0.39, 0.29) is 22.8 Å². The number of halogens is 1. The molecule has 2 aromatic carbocycles. The molecule has 2 aromatic rings. The molecule has 2 rings (SSSR count). The van der Waals surface area contributed by atoms with Crippen LogP contribution in [-0.2, 0) is 11.3 Å². The minimum Gasteiger partial charge on any atom is -0.444 e. The van der Waals surface area contributed by atoms with E-state index in [1.807, 2.05) is 6.92 Å². The van der Waals surface area contributed by atoms with Gasteiger partial charge in [0.05, 0.1) is 11.5 Å². The number of carbonyl (C=O) groups is 2. The summed E-state index contributed by atoms with van der Waals surface area (Å²) < 4.78 is 5.42. The highest BCUT2D eigenvalue weighted by molar-refractivity contribution is 6.31. The largest absolute Gasteiger partial charge is 0.444 e. The molecule has 0 fully saturated rings. The fourth-order valence-electron chi connectivity index (χ4n) is 2.66. The molecule has 0 saturated carbocycles. The molecule has 0 spiro atoms. The van der Waals surface area contributed by atoms with Crippen molar-refractivity contribution in [2.75, 3.05) is 11.9 Å². The molecule has 0 aliphatic heterocycles. The number of carbonyl (C=O) groups excluding carboxylic acids is 2. The second kappa shape index (κ2) is 9.58. The molecule has 0 aliphatic rings. The van der Waals surface area contributed by atoms with Crippen LogP contribution < -0.4 is 5.32 Å². The van der Waals surface area contributed by atoms with E-state index in [1.54, 1.807) is 45.0 Å². The number of anilines is 1. The van der Waals surface area contributed by atoms with E-state index in [4.69, 9.17) is 16.3 Å². The summed E-state index contributed by atoms with van der Waals surface area (Å²) in [5.74, 6) is -0.647. The summed E-state index contributed by atoms with van der Waals surface area (Å²) in [6, 6.07) is 10.8. The summed E-state index contributed by atoms with van der Waals surface area (Å²) >= 11 is 5.81. The zero-order valence-corrected chi connectivity index (χ0v) is 18.0. The molecule has 30 heavy (non-hydrogen) atoms. The van der Waals surface area contributed by atoms with Crippen molar-refractivity contribution in [3.8, 4) is 0 Å². The summed E-state index contributed by atoms with van der Waals surface area (Å²) in [6.45, 7) is 7.77. The molecule has 8 nitrogen and oxygen atoms in total. The SMILES string of the molecule is CCN(Cc1ccccc1NC(=O)c1ccc(Cl)cc1[N+](=O)[O-])C(=O)OC(C)(C)C. The molecule has 0 atom stereocenters. The van der Waals surface area contributed by atoms with E-state index in [0.29, 0.717) is 17.8 Å². The van der Waals surface area contributed by atoms with E-state index in [1.165, 1.54) is 17.0 Å². The molecular formula is C21H24ClN3O5. The van der Waals surface area contributed by atoms with Crippen LogP contribution in [0.15, 0.2) is 42.5 Å². The number of para-hydroxylation sites is 1. The van der Waals surface area contributed by atoms with Gasteiger partial charge in [-0.15, -0.1) is 0 Å². The Bertz CT molecular complexity index is 956. The minimum absolute atomic E-state index is 0.112. The Morgan fingerprint density at radius 3 is 2.47 bits per heavy atom. The monoisotopic (exact) mass is 433 g/mol. The predicted octanol–water partition coefficient (Wildman–Crippen LogP) is 5.26. The van der Waals surface area contributed by atoms with Gasteiger partial charge in [0.2, 0.25) is 0 Å². The summed E-state index contributed by atoms with van der Waals surface area (Å²) in [4.78, 5) is 37.3. The van der Waals surface area contributed by atoms with E-state index in [9.17, 15) is 19.7 Å². The molecule has 0 aromatic heterocycles. The van der Waals surface area contributed by atoms with Gasteiger partial charge in [-0.2, -0.15) is 0 Å². The molecule has 0 heterocycles. The van der Waals surface area contributed by atoms with Gasteiger partial charge in [0.25, 0.3) is 11.6 Å². The highest BCUT2D eigenvalue weighted by Crippen LogP contribution is 2.25. The van der Waals surface area contributed by atoms with Crippen LogP contribution in [-0.4, -0.2) is 34.0 Å². The maximum Gasteiger partial charge on any atom is 0.410 e. The van der Waals surface area contributed by atoms with Crippen molar-refractivity contribution in [2.24, 2.45) is 0 Å². The number of hydrogen-bond acceptors (Lipinski definition) is 5. The van der Waals surface area contributed by atoms with Crippen LogP contribution in [0, 0.1) is 10.1 Å². The normalized spacial score (nSPS) is 11.0. The zero-order chi connectivity index (χ0) is 22.5. The van der Waals surface area contributed by atoms with Gasteiger partial charge in [0.1, 0.15) is 11.2 Å². The van der Waals surface area contributed by atoms with E-state index in [0.717, 1.165) is 6.07 Å². The molecule has 2 amide bonds. The number of nitro benzene ring substituents is 1. The van der Waals surface area contributed by atoms with E-state index in [2.05, 4.69) is 5.32 Å². The van der Waals surface area contributed by atoms with Crippen LogP contribution in [0.2, 0.25) is 5.02 Å². The Balaban J connectivity index is 2.26. The van der Waals surface area contributed by atoms with Crippen molar-refractivity contribution < 1.29 is 19.2 Å². The first-order valence-electron chi connectivity index (χ1n) is 9.33. The van der Waals surface area contributed by atoms with Crippen molar-refractivity contribution in [2.45, 2.75) is 39.8 Å². The van der Waals surface area contributed by atoms with E-state index >= 15 is 0 Å². The molecule has 0 unspecified atom stereocenters. The molecule has 160 valence electrons. The second-order valence-electron chi connectivity index (χ2n) is 7.52. The summed E-state index contributed by atoms with van der Waals surface area (Å²) in [5, 5.41) is 14.1. The van der Waals surface area contributed by atoms with Gasteiger partial charge in [-0.25, -0.2) is 4.79 Å². The lowest BCUT2D eigenvalue weighted by Crippen LogP contribution is -2.36. The third kappa shape index (κ3) is 6.18. The smallest absolute Gasteiger partial charge is 0.410 e. The first-order valence-corrected chi connectivity index (χ1v) is 9.70. The molecule has 0 bridgehead atoms. The number of benzene rings is 2. The second-order valence-corrected chi connectivity index (χ2v) is 7.96. The Labute approximate surface area is 179 Å². The van der Waals surface area contributed by atoms with Crippen molar-refractivity contribution >= 4 is 35.0 Å². The van der Waals surface area contributed by atoms with Gasteiger partial charge in [0.15, 0.2) is 0 Å². The lowest BCUT2D eigenvalue weighted by molar-refractivity contribution is -0.385. The summed E-state index contributed by atoms with van der Waals surface area (Å²) in [5.41, 5.74) is -0.0322. The van der Waals surface area contributed by atoms with Gasteiger partial charge in [0, 0.05) is 23.3 Å². The fraction of sp³-hybridized carbons (Fsp3) is 0.333. The molecule has 1 N–H and O–H groups in total. The van der Waals surface area contributed by atoms with E-state index < -0.39 is 22.5 Å². The van der Waals surface area contributed by atoms with Gasteiger partial charge in [-0.1, -0.05) is 29.8 Å². The summed E-state index contributed by atoms with van der Waals surface area (Å²) in [6.07, 6.45) is -0.473. The Kier molecular flexibility index (Phi) is 7.39. The lowest BCUT2D eigenvalue weighted by atomic mass is 10.1. The van der Waals surface area contributed by atoms with Crippen molar-refractivity contribution in [3.63, 3.8) is 0 Å². The van der Waals surface area contributed by atoms with Crippen molar-refractivity contribution in [1.82, 2.24) is 4.90 Å². The fourth-order valence-corrected chi connectivity index (χ4v) is 2.82. The van der Waals surface area contributed by atoms with Gasteiger partial charge in [-0.3, -0.25) is 14.9 Å². The van der Waals surface area contributed by atoms with Gasteiger partial charge >= 0.3 is 6.09 Å². The molecule has 9 heteroatoms. The average Bonchev–Trinajstić information content (AvgIpc) is 2.65. The van der Waals surface area contributed by atoms with Gasteiger partial charge in [-0.05, 0) is 51.5 Å². The number of ether oxygens (including phenoxy) is 1. The molecule has 0 saturated heterocycles. The van der Waals surface area contributed by atoms with Crippen molar-refractivity contribution in [1.29, 1.82) is 0 Å².